The van der Waals surface area contributed by atoms with Crippen molar-refractivity contribution >= 4 is 0 Å². The summed E-state index contributed by atoms with van der Waals surface area (Å²) < 4.78 is 24.5. The van der Waals surface area contributed by atoms with Crippen LogP contribution in [0.1, 0.15) is 31.4 Å². The molecular weight excluding hydrogens is 223 g/mol. The van der Waals surface area contributed by atoms with Gasteiger partial charge >= 0.3 is 0 Å². The van der Waals surface area contributed by atoms with Gasteiger partial charge in [0, 0.05) is 18.2 Å². The quantitative estimate of drug-likeness (QED) is 0.882. The van der Waals surface area contributed by atoms with E-state index in [0.717, 1.165) is 19.4 Å². The summed E-state index contributed by atoms with van der Waals surface area (Å²) in [5, 5.41) is 9.32. The van der Waals surface area contributed by atoms with Crippen molar-refractivity contribution in [2.45, 2.75) is 32.0 Å². The Hall–Kier alpha value is -1.13. The zero-order valence-electron chi connectivity index (χ0n) is 9.86. The predicted octanol–water partition coefficient (Wildman–Crippen LogP) is 2.44. The third-order valence-electron chi connectivity index (χ3n) is 2.84. The molecule has 0 radical (unpaired) electrons. The number of halogens is 1. The van der Waals surface area contributed by atoms with Crippen LogP contribution in [0, 0.1) is 5.82 Å². The van der Waals surface area contributed by atoms with Crippen LogP contribution in [0.4, 0.5) is 4.39 Å². The first kappa shape index (κ1) is 12.3. The topological polar surface area (TPSA) is 38.7 Å². The van der Waals surface area contributed by atoms with E-state index in [2.05, 4.69) is 0 Å². The van der Waals surface area contributed by atoms with Crippen LogP contribution in [-0.2, 0) is 4.74 Å². The van der Waals surface area contributed by atoms with Crippen molar-refractivity contribution in [1.29, 1.82) is 0 Å². The molecule has 94 valence electrons. The van der Waals surface area contributed by atoms with Gasteiger partial charge in [0.25, 0.3) is 0 Å². The van der Waals surface area contributed by atoms with Crippen LogP contribution >= 0.6 is 0 Å². The number of benzene rings is 1. The maximum absolute atomic E-state index is 13.6. The largest absolute Gasteiger partial charge is 0.488 e. The number of aliphatic hydroxyl groups is 1. The fourth-order valence-corrected chi connectivity index (χ4v) is 1.92. The Balaban J connectivity index is 2.04. The molecule has 3 nitrogen and oxygen atoms in total. The SMILES string of the molecule is C[C@@H](O)c1ccc(OC2CCCOC2)cc1F. The molecule has 2 atom stereocenters. The second-order valence-corrected chi connectivity index (χ2v) is 4.32. The van der Waals surface area contributed by atoms with Gasteiger partial charge in [-0.25, -0.2) is 4.39 Å². The van der Waals surface area contributed by atoms with Gasteiger partial charge in [-0.2, -0.15) is 0 Å². The van der Waals surface area contributed by atoms with E-state index in [-0.39, 0.29) is 11.7 Å². The van der Waals surface area contributed by atoms with Crippen molar-refractivity contribution in [3.63, 3.8) is 0 Å². The van der Waals surface area contributed by atoms with Gasteiger partial charge in [0.15, 0.2) is 0 Å². The molecule has 1 unspecified atom stereocenters. The Morgan fingerprint density at radius 2 is 2.35 bits per heavy atom. The van der Waals surface area contributed by atoms with Gasteiger partial charge in [-0.3, -0.25) is 0 Å². The monoisotopic (exact) mass is 240 g/mol. The Kier molecular flexibility index (Phi) is 3.97. The van der Waals surface area contributed by atoms with E-state index in [1.54, 1.807) is 12.1 Å². The van der Waals surface area contributed by atoms with E-state index >= 15 is 0 Å². The minimum absolute atomic E-state index is 0.000509. The lowest BCUT2D eigenvalue weighted by Gasteiger charge is -2.23. The minimum atomic E-state index is -0.804. The minimum Gasteiger partial charge on any atom is -0.488 e. The van der Waals surface area contributed by atoms with Crippen LogP contribution < -0.4 is 4.74 Å². The van der Waals surface area contributed by atoms with Gasteiger partial charge in [-0.1, -0.05) is 0 Å². The van der Waals surface area contributed by atoms with Gasteiger partial charge in [0.2, 0.25) is 0 Å². The fourth-order valence-electron chi connectivity index (χ4n) is 1.92. The van der Waals surface area contributed by atoms with Crippen LogP contribution in [0.2, 0.25) is 0 Å². The first-order chi connectivity index (χ1) is 8.16. The fraction of sp³-hybridized carbons (Fsp3) is 0.538. The number of rotatable bonds is 3. The maximum atomic E-state index is 13.6. The highest BCUT2D eigenvalue weighted by atomic mass is 19.1. The smallest absolute Gasteiger partial charge is 0.132 e. The van der Waals surface area contributed by atoms with Gasteiger partial charge in [-0.15, -0.1) is 0 Å². The Labute approximate surface area is 100 Å². The van der Waals surface area contributed by atoms with E-state index in [0.29, 0.717) is 12.4 Å². The lowest BCUT2D eigenvalue weighted by Crippen LogP contribution is -2.28. The molecule has 0 bridgehead atoms. The van der Waals surface area contributed by atoms with Gasteiger partial charge < -0.3 is 14.6 Å². The molecule has 1 aliphatic heterocycles. The van der Waals surface area contributed by atoms with E-state index < -0.39 is 11.9 Å². The van der Waals surface area contributed by atoms with Crippen LogP contribution in [0.3, 0.4) is 0 Å². The summed E-state index contributed by atoms with van der Waals surface area (Å²) in [7, 11) is 0. The third-order valence-corrected chi connectivity index (χ3v) is 2.84. The highest BCUT2D eigenvalue weighted by Crippen LogP contribution is 2.23. The molecule has 1 N–H and O–H groups in total. The van der Waals surface area contributed by atoms with E-state index in [9.17, 15) is 9.50 Å². The van der Waals surface area contributed by atoms with E-state index in [1.807, 2.05) is 0 Å². The summed E-state index contributed by atoms with van der Waals surface area (Å²) in [6.07, 6.45) is 1.10. The van der Waals surface area contributed by atoms with Gasteiger partial charge in [-0.05, 0) is 31.9 Å². The summed E-state index contributed by atoms with van der Waals surface area (Å²) in [4.78, 5) is 0. The first-order valence-corrected chi connectivity index (χ1v) is 5.88. The Morgan fingerprint density at radius 3 is 2.94 bits per heavy atom. The lowest BCUT2D eigenvalue weighted by atomic mass is 10.1. The second-order valence-electron chi connectivity index (χ2n) is 4.32. The molecule has 0 spiro atoms. The summed E-state index contributed by atoms with van der Waals surface area (Å²) in [5.41, 5.74) is 0.289. The van der Waals surface area contributed by atoms with Crippen molar-refractivity contribution in [3.8, 4) is 5.75 Å². The molecular formula is C13H17FO3. The number of ether oxygens (including phenoxy) is 2. The molecule has 1 heterocycles. The summed E-state index contributed by atoms with van der Waals surface area (Å²) in [5.74, 6) is 0.0524. The van der Waals surface area contributed by atoms with Crippen LogP contribution in [0.25, 0.3) is 0 Å². The molecule has 0 aliphatic carbocycles. The summed E-state index contributed by atoms with van der Waals surface area (Å²) in [6.45, 7) is 2.86. The van der Waals surface area contributed by atoms with Crippen molar-refractivity contribution in [3.05, 3.63) is 29.6 Å². The van der Waals surface area contributed by atoms with Crippen molar-refractivity contribution in [1.82, 2.24) is 0 Å². The van der Waals surface area contributed by atoms with E-state index in [1.165, 1.54) is 13.0 Å². The molecule has 1 saturated heterocycles. The molecule has 17 heavy (non-hydrogen) atoms. The molecule has 2 rings (SSSR count). The second kappa shape index (κ2) is 5.47. The zero-order chi connectivity index (χ0) is 12.3. The van der Waals surface area contributed by atoms with Crippen molar-refractivity contribution in [2.24, 2.45) is 0 Å². The summed E-state index contributed by atoms with van der Waals surface area (Å²) >= 11 is 0. The number of hydrogen-bond donors (Lipinski definition) is 1. The van der Waals surface area contributed by atoms with Crippen LogP contribution in [0.15, 0.2) is 18.2 Å². The molecule has 0 saturated carbocycles. The average Bonchev–Trinajstić information content (AvgIpc) is 2.30. The van der Waals surface area contributed by atoms with Crippen LogP contribution in [0.5, 0.6) is 5.75 Å². The molecule has 1 aromatic carbocycles. The number of hydrogen-bond acceptors (Lipinski definition) is 3. The third kappa shape index (κ3) is 3.17. The highest BCUT2D eigenvalue weighted by Gasteiger charge is 2.16. The molecule has 0 aromatic heterocycles. The van der Waals surface area contributed by atoms with Crippen molar-refractivity contribution < 1.29 is 19.0 Å². The van der Waals surface area contributed by atoms with E-state index in [4.69, 9.17) is 9.47 Å². The zero-order valence-corrected chi connectivity index (χ0v) is 9.86. The van der Waals surface area contributed by atoms with Crippen LogP contribution in [-0.4, -0.2) is 24.4 Å². The molecule has 4 heteroatoms. The highest BCUT2D eigenvalue weighted by molar-refractivity contribution is 5.30. The maximum Gasteiger partial charge on any atom is 0.132 e. The molecule has 0 amide bonds. The molecule has 1 fully saturated rings. The Bertz CT molecular complexity index is 373. The van der Waals surface area contributed by atoms with Crippen molar-refractivity contribution in [2.75, 3.05) is 13.2 Å². The molecule has 1 aromatic rings. The standard InChI is InChI=1S/C13H17FO3/c1-9(15)12-5-4-10(7-13(12)14)17-11-3-2-6-16-8-11/h4-5,7,9,11,15H,2-3,6,8H2,1H3/t9-,11?/m1/s1. The molecule has 1 aliphatic rings. The first-order valence-electron chi connectivity index (χ1n) is 5.88. The normalized spacial score (nSPS) is 22.2. The van der Waals surface area contributed by atoms with Gasteiger partial charge in [0.1, 0.15) is 17.7 Å². The summed E-state index contributed by atoms with van der Waals surface area (Å²) in [6, 6.07) is 4.55. The average molecular weight is 240 g/mol. The van der Waals surface area contributed by atoms with Gasteiger partial charge in [0.05, 0.1) is 12.7 Å². The predicted molar refractivity (Wildman–Crippen MR) is 61.5 cm³/mol. The Morgan fingerprint density at radius 1 is 1.53 bits per heavy atom. The number of aliphatic hydroxyl groups excluding tert-OH is 1. The lowest BCUT2D eigenvalue weighted by molar-refractivity contribution is 0.00727.